The van der Waals surface area contributed by atoms with Crippen molar-refractivity contribution in [2.75, 3.05) is 18.1 Å². The van der Waals surface area contributed by atoms with Gasteiger partial charge in [-0.05, 0) is 26.0 Å². The Morgan fingerprint density at radius 2 is 2.40 bits per heavy atom. The SMILES string of the molecule is C#CCSCCNC(C)c1ccc(C)s1. The van der Waals surface area contributed by atoms with Gasteiger partial charge in [-0.2, -0.15) is 0 Å². The van der Waals surface area contributed by atoms with Gasteiger partial charge in [0.25, 0.3) is 0 Å². The topological polar surface area (TPSA) is 12.0 Å². The molecule has 0 aliphatic heterocycles. The Bertz CT molecular complexity index is 325. The van der Waals surface area contributed by atoms with Crippen LogP contribution in [0.2, 0.25) is 0 Å². The maximum absolute atomic E-state index is 5.17. The molecule has 1 heterocycles. The lowest BCUT2D eigenvalue weighted by atomic mass is 10.3. The summed E-state index contributed by atoms with van der Waals surface area (Å²) < 4.78 is 0. The van der Waals surface area contributed by atoms with Crippen molar-refractivity contribution in [1.29, 1.82) is 0 Å². The lowest BCUT2D eigenvalue weighted by Gasteiger charge is -2.11. The van der Waals surface area contributed by atoms with Crippen LogP contribution in [-0.2, 0) is 0 Å². The maximum Gasteiger partial charge on any atom is 0.0545 e. The van der Waals surface area contributed by atoms with Crippen LogP contribution < -0.4 is 5.32 Å². The van der Waals surface area contributed by atoms with E-state index in [0.29, 0.717) is 6.04 Å². The molecule has 1 aromatic rings. The molecule has 1 unspecified atom stereocenters. The van der Waals surface area contributed by atoms with E-state index >= 15 is 0 Å². The van der Waals surface area contributed by atoms with E-state index in [-0.39, 0.29) is 0 Å². The second-order valence-corrected chi connectivity index (χ2v) is 5.81. The molecule has 3 heteroatoms. The molecule has 1 N–H and O–H groups in total. The smallest absolute Gasteiger partial charge is 0.0545 e. The van der Waals surface area contributed by atoms with Gasteiger partial charge in [-0.1, -0.05) is 5.92 Å². The molecule has 0 bridgehead atoms. The van der Waals surface area contributed by atoms with E-state index in [4.69, 9.17) is 6.42 Å². The molecule has 0 fully saturated rings. The van der Waals surface area contributed by atoms with Crippen molar-refractivity contribution in [2.24, 2.45) is 0 Å². The summed E-state index contributed by atoms with van der Waals surface area (Å²) in [5.41, 5.74) is 0. The summed E-state index contributed by atoms with van der Waals surface area (Å²) in [5.74, 6) is 4.52. The first kappa shape index (κ1) is 12.6. The molecule has 1 nitrogen and oxygen atoms in total. The fourth-order valence-electron chi connectivity index (χ4n) is 1.27. The summed E-state index contributed by atoms with van der Waals surface area (Å²) in [5, 5.41) is 3.49. The molecule has 1 atom stereocenters. The zero-order chi connectivity index (χ0) is 11.1. The van der Waals surface area contributed by atoms with Crippen LogP contribution in [0.25, 0.3) is 0 Å². The van der Waals surface area contributed by atoms with Gasteiger partial charge in [-0.3, -0.25) is 0 Å². The second-order valence-electron chi connectivity index (χ2n) is 3.38. The van der Waals surface area contributed by atoms with Crippen molar-refractivity contribution in [3.8, 4) is 12.3 Å². The van der Waals surface area contributed by atoms with Crippen LogP contribution in [-0.4, -0.2) is 18.1 Å². The van der Waals surface area contributed by atoms with Gasteiger partial charge in [0.05, 0.1) is 5.75 Å². The van der Waals surface area contributed by atoms with Crippen LogP contribution >= 0.6 is 23.1 Å². The Hall–Kier alpha value is -0.430. The van der Waals surface area contributed by atoms with Crippen molar-refractivity contribution < 1.29 is 0 Å². The zero-order valence-corrected chi connectivity index (χ0v) is 10.9. The Kier molecular flexibility index (Phi) is 5.85. The first-order valence-corrected chi connectivity index (χ1v) is 7.02. The van der Waals surface area contributed by atoms with Crippen LogP contribution in [0.3, 0.4) is 0 Å². The average molecular weight is 239 g/mol. The van der Waals surface area contributed by atoms with Gasteiger partial charge >= 0.3 is 0 Å². The van der Waals surface area contributed by atoms with E-state index in [0.717, 1.165) is 18.1 Å². The van der Waals surface area contributed by atoms with Gasteiger partial charge in [0, 0.05) is 28.1 Å². The molecule has 0 radical (unpaired) electrons. The summed E-state index contributed by atoms with van der Waals surface area (Å²) in [7, 11) is 0. The van der Waals surface area contributed by atoms with E-state index in [9.17, 15) is 0 Å². The van der Waals surface area contributed by atoms with Crippen LogP contribution in [0.15, 0.2) is 12.1 Å². The van der Waals surface area contributed by atoms with E-state index in [1.165, 1.54) is 9.75 Å². The highest BCUT2D eigenvalue weighted by Gasteiger charge is 2.05. The highest BCUT2D eigenvalue weighted by molar-refractivity contribution is 7.99. The third-order valence-corrected chi connectivity index (χ3v) is 4.12. The molecule has 0 aromatic carbocycles. The summed E-state index contributed by atoms with van der Waals surface area (Å²) in [4.78, 5) is 2.79. The van der Waals surface area contributed by atoms with Crippen molar-refractivity contribution in [3.63, 3.8) is 0 Å². The molecule has 0 spiro atoms. The van der Waals surface area contributed by atoms with Crippen LogP contribution in [0.1, 0.15) is 22.7 Å². The third-order valence-electron chi connectivity index (χ3n) is 2.07. The maximum atomic E-state index is 5.17. The average Bonchev–Trinajstić information content (AvgIpc) is 2.64. The Balaban J connectivity index is 2.19. The number of hydrogen-bond acceptors (Lipinski definition) is 3. The largest absolute Gasteiger partial charge is 0.309 e. The van der Waals surface area contributed by atoms with Crippen LogP contribution in [0.4, 0.5) is 0 Å². The van der Waals surface area contributed by atoms with Gasteiger partial charge < -0.3 is 5.32 Å². The number of nitrogens with one attached hydrogen (secondary N) is 1. The fraction of sp³-hybridized carbons (Fsp3) is 0.500. The van der Waals surface area contributed by atoms with Gasteiger partial charge in [0.2, 0.25) is 0 Å². The first-order chi connectivity index (χ1) is 7.24. The highest BCUT2D eigenvalue weighted by atomic mass is 32.2. The Morgan fingerprint density at radius 1 is 1.60 bits per heavy atom. The van der Waals surface area contributed by atoms with Gasteiger partial charge in [0.1, 0.15) is 0 Å². The number of thioether (sulfide) groups is 1. The number of hydrogen-bond donors (Lipinski definition) is 1. The van der Waals surface area contributed by atoms with E-state index in [1.807, 2.05) is 11.3 Å². The highest BCUT2D eigenvalue weighted by Crippen LogP contribution is 2.21. The number of thiophene rings is 1. The van der Waals surface area contributed by atoms with E-state index in [1.54, 1.807) is 11.8 Å². The van der Waals surface area contributed by atoms with Crippen LogP contribution in [0, 0.1) is 19.3 Å². The Labute approximate surface area is 101 Å². The molecule has 0 amide bonds. The molecule has 0 saturated heterocycles. The predicted octanol–water partition coefficient (Wildman–Crippen LogP) is 3.07. The molecule has 1 rings (SSSR count). The molecule has 1 aromatic heterocycles. The second kappa shape index (κ2) is 6.95. The van der Waals surface area contributed by atoms with Gasteiger partial charge in [0.15, 0.2) is 0 Å². The van der Waals surface area contributed by atoms with Crippen molar-refractivity contribution in [2.45, 2.75) is 19.9 Å². The number of aryl methyl sites for hydroxylation is 1. The van der Waals surface area contributed by atoms with Crippen LogP contribution in [0.5, 0.6) is 0 Å². The van der Waals surface area contributed by atoms with Gasteiger partial charge in [-0.15, -0.1) is 29.5 Å². The molecule has 0 saturated carbocycles. The lowest BCUT2D eigenvalue weighted by molar-refractivity contribution is 0.610. The summed E-state index contributed by atoms with van der Waals surface area (Å²) in [6.07, 6.45) is 5.17. The standard InChI is InChI=1S/C12H17NS2/c1-4-8-14-9-7-13-11(3)12-6-5-10(2)15-12/h1,5-6,11,13H,7-9H2,2-3H3. The number of terminal acetylenes is 1. The molecular formula is C12H17NS2. The van der Waals surface area contributed by atoms with Crippen molar-refractivity contribution >= 4 is 23.1 Å². The molecule has 0 aliphatic carbocycles. The molecule has 0 aliphatic rings. The van der Waals surface area contributed by atoms with E-state index in [2.05, 4.69) is 37.2 Å². The normalized spacial score (nSPS) is 12.3. The minimum atomic E-state index is 0.454. The predicted molar refractivity (Wildman–Crippen MR) is 71.6 cm³/mol. The fourth-order valence-corrected chi connectivity index (χ4v) is 2.69. The summed E-state index contributed by atoms with van der Waals surface area (Å²) in [6.45, 7) is 5.37. The zero-order valence-electron chi connectivity index (χ0n) is 9.25. The molecule has 82 valence electrons. The first-order valence-electron chi connectivity index (χ1n) is 5.05. The summed E-state index contributed by atoms with van der Waals surface area (Å²) in [6, 6.07) is 4.83. The Morgan fingerprint density at radius 3 is 3.00 bits per heavy atom. The quantitative estimate of drug-likeness (QED) is 0.605. The van der Waals surface area contributed by atoms with Crippen molar-refractivity contribution in [1.82, 2.24) is 5.32 Å². The number of rotatable bonds is 6. The summed E-state index contributed by atoms with van der Waals surface area (Å²) >= 11 is 3.66. The monoisotopic (exact) mass is 239 g/mol. The molecular weight excluding hydrogens is 222 g/mol. The third kappa shape index (κ3) is 4.74. The molecule has 15 heavy (non-hydrogen) atoms. The minimum Gasteiger partial charge on any atom is -0.309 e. The minimum absolute atomic E-state index is 0.454. The van der Waals surface area contributed by atoms with Crippen molar-refractivity contribution in [3.05, 3.63) is 21.9 Å². The lowest BCUT2D eigenvalue weighted by Crippen LogP contribution is -2.20. The van der Waals surface area contributed by atoms with Gasteiger partial charge in [-0.25, -0.2) is 0 Å². The van der Waals surface area contributed by atoms with E-state index < -0.39 is 0 Å².